The molecule has 0 aromatic heterocycles. The summed E-state index contributed by atoms with van der Waals surface area (Å²) < 4.78 is 6.16. The SMILES string of the molecule is CCOC(=O)C1CCC(NCc2cc(Cl)ccc2Br)CC1. The first-order chi connectivity index (χ1) is 10.1. The molecule has 2 rings (SSSR count). The lowest BCUT2D eigenvalue weighted by Gasteiger charge is -2.28. The Morgan fingerprint density at radius 1 is 1.38 bits per heavy atom. The Morgan fingerprint density at radius 3 is 2.76 bits per heavy atom. The highest BCUT2D eigenvalue weighted by molar-refractivity contribution is 9.10. The Labute approximate surface area is 139 Å². The van der Waals surface area contributed by atoms with Crippen molar-refractivity contribution >= 4 is 33.5 Å². The standard InChI is InChI=1S/C16H21BrClNO2/c1-2-21-16(20)11-3-6-14(7-4-11)19-10-12-9-13(18)5-8-15(12)17/h5,8-9,11,14,19H,2-4,6-7,10H2,1H3. The molecule has 0 heterocycles. The quantitative estimate of drug-likeness (QED) is 0.780. The monoisotopic (exact) mass is 373 g/mol. The summed E-state index contributed by atoms with van der Waals surface area (Å²) in [6, 6.07) is 6.28. The van der Waals surface area contributed by atoms with E-state index in [1.807, 2.05) is 25.1 Å². The van der Waals surface area contributed by atoms with Gasteiger partial charge in [0.15, 0.2) is 0 Å². The lowest BCUT2D eigenvalue weighted by molar-refractivity contribution is -0.149. The third kappa shape index (κ3) is 4.97. The van der Waals surface area contributed by atoms with Crippen molar-refractivity contribution < 1.29 is 9.53 Å². The lowest BCUT2D eigenvalue weighted by Crippen LogP contribution is -2.35. The van der Waals surface area contributed by atoms with Crippen molar-refractivity contribution in [3.8, 4) is 0 Å². The summed E-state index contributed by atoms with van der Waals surface area (Å²) in [5.41, 5.74) is 1.16. The van der Waals surface area contributed by atoms with Gasteiger partial charge >= 0.3 is 5.97 Å². The van der Waals surface area contributed by atoms with Crippen molar-refractivity contribution in [3.05, 3.63) is 33.3 Å². The van der Waals surface area contributed by atoms with E-state index in [-0.39, 0.29) is 11.9 Å². The summed E-state index contributed by atoms with van der Waals surface area (Å²) in [6.07, 6.45) is 3.85. The Bertz CT molecular complexity index is 487. The van der Waals surface area contributed by atoms with E-state index in [0.717, 1.165) is 47.3 Å². The second kappa shape index (κ2) is 8.16. The second-order valence-corrected chi connectivity index (χ2v) is 6.71. The zero-order valence-corrected chi connectivity index (χ0v) is 14.5. The number of carbonyl (C=O) groups excluding carboxylic acids is 1. The van der Waals surface area contributed by atoms with Crippen LogP contribution in [-0.4, -0.2) is 18.6 Å². The first-order valence-corrected chi connectivity index (χ1v) is 8.61. The van der Waals surface area contributed by atoms with Crippen LogP contribution in [0, 0.1) is 5.92 Å². The van der Waals surface area contributed by atoms with Gasteiger partial charge in [0, 0.05) is 22.1 Å². The number of nitrogens with one attached hydrogen (secondary N) is 1. The van der Waals surface area contributed by atoms with Gasteiger partial charge in [0.25, 0.3) is 0 Å². The maximum atomic E-state index is 11.7. The Hall–Kier alpha value is -0.580. The van der Waals surface area contributed by atoms with E-state index in [2.05, 4.69) is 21.2 Å². The van der Waals surface area contributed by atoms with E-state index in [1.165, 1.54) is 0 Å². The molecule has 0 atom stereocenters. The fourth-order valence-corrected chi connectivity index (χ4v) is 3.31. The number of esters is 1. The van der Waals surface area contributed by atoms with E-state index in [9.17, 15) is 4.79 Å². The Balaban J connectivity index is 1.79. The van der Waals surface area contributed by atoms with Crippen molar-refractivity contribution in [2.75, 3.05) is 6.61 Å². The molecule has 0 bridgehead atoms. The van der Waals surface area contributed by atoms with Crippen molar-refractivity contribution in [2.24, 2.45) is 5.92 Å². The van der Waals surface area contributed by atoms with Crippen LogP contribution in [0.2, 0.25) is 5.02 Å². The van der Waals surface area contributed by atoms with E-state index in [1.54, 1.807) is 0 Å². The maximum Gasteiger partial charge on any atom is 0.308 e. The van der Waals surface area contributed by atoms with Crippen molar-refractivity contribution in [3.63, 3.8) is 0 Å². The third-order valence-electron chi connectivity index (χ3n) is 3.94. The number of rotatable bonds is 5. The van der Waals surface area contributed by atoms with E-state index in [0.29, 0.717) is 12.6 Å². The fraction of sp³-hybridized carbons (Fsp3) is 0.562. The van der Waals surface area contributed by atoms with Crippen LogP contribution in [-0.2, 0) is 16.1 Å². The average Bonchev–Trinajstić information content (AvgIpc) is 2.49. The molecule has 1 aliphatic carbocycles. The molecule has 1 aromatic carbocycles. The minimum Gasteiger partial charge on any atom is -0.466 e. The van der Waals surface area contributed by atoms with Crippen LogP contribution in [0.1, 0.15) is 38.2 Å². The predicted octanol–water partition coefficient (Wildman–Crippen LogP) is 4.31. The minimum absolute atomic E-state index is 0.0338. The summed E-state index contributed by atoms with van der Waals surface area (Å²) >= 11 is 9.56. The van der Waals surface area contributed by atoms with Gasteiger partial charge in [-0.2, -0.15) is 0 Å². The number of hydrogen-bond donors (Lipinski definition) is 1. The molecule has 1 fully saturated rings. The number of halogens is 2. The highest BCUT2D eigenvalue weighted by atomic mass is 79.9. The number of carbonyl (C=O) groups is 1. The predicted molar refractivity (Wildman–Crippen MR) is 88.4 cm³/mol. The van der Waals surface area contributed by atoms with Crippen LogP contribution in [0.15, 0.2) is 22.7 Å². The number of ether oxygens (including phenoxy) is 1. The molecule has 0 unspecified atom stereocenters. The minimum atomic E-state index is -0.0338. The third-order valence-corrected chi connectivity index (χ3v) is 4.94. The van der Waals surface area contributed by atoms with Crippen LogP contribution in [0.3, 0.4) is 0 Å². The van der Waals surface area contributed by atoms with Gasteiger partial charge < -0.3 is 10.1 Å². The largest absolute Gasteiger partial charge is 0.466 e. The molecular formula is C16H21BrClNO2. The van der Waals surface area contributed by atoms with E-state index >= 15 is 0 Å². The summed E-state index contributed by atoms with van der Waals surface area (Å²) in [5.74, 6) is 0.0504. The Morgan fingerprint density at radius 2 is 2.10 bits per heavy atom. The van der Waals surface area contributed by atoms with Gasteiger partial charge in [-0.25, -0.2) is 0 Å². The molecule has 0 amide bonds. The van der Waals surface area contributed by atoms with Crippen LogP contribution in [0.25, 0.3) is 0 Å². The van der Waals surface area contributed by atoms with Gasteiger partial charge in [-0.05, 0) is 56.4 Å². The van der Waals surface area contributed by atoms with Crippen LogP contribution in [0.5, 0.6) is 0 Å². The topological polar surface area (TPSA) is 38.3 Å². The van der Waals surface area contributed by atoms with Crippen molar-refractivity contribution in [2.45, 2.75) is 45.2 Å². The first-order valence-electron chi connectivity index (χ1n) is 7.44. The highest BCUT2D eigenvalue weighted by Gasteiger charge is 2.26. The number of hydrogen-bond acceptors (Lipinski definition) is 3. The van der Waals surface area contributed by atoms with Crippen LogP contribution >= 0.6 is 27.5 Å². The first kappa shape index (κ1) is 16.8. The maximum absolute atomic E-state index is 11.7. The van der Waals surface area contributed by atoms with Gasteiger partial charge in [-0.1, -0.05) is 27.5 Å². The van der Waals surface area contributed by atoms with E-state index in [4.69, 9.17) is 16.3 Å². The summed E-state index contributed by atoms with van der Waals surface area (Å²) in [7, 11) is 0. The molecule has 1 aliphatic rings. The van der Waals surface area contributed by atoms with Crippen molar-refractivity contribution in [1.29, 1.82) is 0 Å². The smallest absolute Gasteiger partial charge is 0.308 e. The average molecular weight is 375 g/mol. The van der Waals surface area contributed by atoms with Gasteiger partial charge in [-0.15, -0.1) is 0 Å². The summed E-state index contributed by atoms with van der Waals surface area (Å²) in [5, 5.41) is 4.31. The summed E-state index contributed by atoms with van der Waals surface area (Å²) in [4.78, 5) is 11.7. The normalized spacial score (nSPS) is 22.0. The molecule has 1 aromatic rings. The van der Waals surface area contributed by atoms with Crippen molar-refractivity contribution in [1.82, 2.24) is 5.32 Å². The molecule has 1 saturated carbocycles. The number of benzene rings is 1. The molecule has 5 heteroatoms. The highest BCUT2D eigenvalue weighted by Crippen LogP contribution is 2.26. The molecule has 3 nitrogen and oxygen atoms in total. The summed E-state index contributed by atoms with van der Waals surface area (Å²) in [6.45, 7) is 3.11. The van der Waals surface area contributed by atoms with E-state index < -0.39 is 0 Å². The lowest BCUT2D eigenvalue weighted by atomic mass is 9.86. The van der Waals surface area contributed by atoms with Gasteiger partial charge in [0.1, 0.15) is 0 Å². The fourth-order valence-electron chi connectivity index (χ4n) is 2.73. The van der Waals surface area contributed by atoms with Gasteiger partial charge in [0.2, 0.25) is 0 Å². The van der Waals surface area contributed by atoms with Crippen LogP contribution < -0.4 is 5.32 Å². The van der Waals surface area contributed by atoms with Gasteiger partial charge in [-0.3, -0.25) is 4.79 Å². The molecule has 1 N–H and O–H groups in total. The molecule has 0 radical (unpaired) electrons. The zero-order chi connectivity index (χ0) is 15.2. The molecule has 21 heavy (non-hydrogen) atoms. The zero-order valence-electron chi connectivity index (χ0n) is 12.2. The molecule has 0 saturated heterocycles. The molecular weight excluding hydrogens is 354 g/mol. The molecule has 116 valence electrons. The molecule has 0 aliphatic heterocycles. The Kier molecular flexibility index (Phi) is 6.52. The molecule has 0 spiro atoms. The van der Waals surface area contributed by atoms with Gasteiger partial charge in [0.05, 0.1) is 12.5 Å². The second-order valence-electron chi connectivity index (χ2n) is 5.42. The van der Waals surface area contributed by atoms with Crippen LogP contribution in [0.4, 0.5) is 0 Å².